The van der Waals surface area contributed by atoms with Gasteiger partial charge in [-0.25, -0.2) is 12.8 Å². The molecule has 2 aromatic carbocycles. The summed E-state index contributed by atoms with van der Waals surface area (Å²) in [6.45, 7) is -0.572. The van der Waals surface area contributed by atoms with Gasteiger partial charge in [0, 0.05) is 0 Å². The summed E-state index contributed by atoms with van der Waals surface area (Å²) >= 11 is 0. The number of esters is 1. The van der Waals surface area contributed by atoms with Gasteiger partial charge in [0.25, 0.3) is 0 Å². The van der Waals surface area contributed by atoms with Crippen molar-refractivity contribution in [3.63, 3.8) is 0 Å². The van der Waals surface area contributed by atoms with Gasteiger partial charge in [-0.1, -0.05) is 12.1 Å². The van der Waals surface area contributed by atoms with Crippen LogP contribution in [0.5, 0.6) is 11.5 Å². The summed E-state index contributed by atoms with van der Waals surface area (Å²) in [5.74, 6) is -0.831. The first-order valence-corrected chi connectivity index (χ1v) is 7.99. The largest absolute Gasteiger partial charge is 0.493 e. The molecule has 1 N–H and O–H groups in total. The van der Waals surface area contributed by atoms with Crippen molar-refractivity contribution in [1.82, 2.24) is 4.72 Å². The Morgan fingerprint density at radius 3 is 2.30 bits per heavy atom. The molecule has 0 unspecified atom stereocenters. The number of benzene rings is 2. The number of methoxy groups -OCH3 is 1. The zero-order chi connectivity index (χ0) is 16.9. The zero-order valence-electron chi connectivity index (χ0n) is 12.2. The topological polar surface area (TPSA) is 81.7 Å². The molecule has 0 saturated heterocycles. The van der Waals surface area contributed by atoms with Crippen LogP contribution in [-0.2, 0) is 14.8 Å². The fourth-order valence-electron chi connectivity index (χ4n) is 1.71. The molecule has 23 heavy (non-hydrogen) atoms. The van der Waals surface area contributed by atoms with E-state index in [0.29, 0.717) is 5.75 Å². The Labute approximate surface area is 132 Å². The van der Waals surface area contributed by atoms with E-state index in [9.17, 15) is 17.6 Å². The van der Waals surface area contributed by atoms with Crippen LogP contribution in [0.4, 0.5) is 4.39 Å². The lowest BCUT2D eigenvalue weighted by Gasteiger charge is -2.09. The third kappa shape index (κ3) is 4.51. The quantitative estimate of drug-likeness (QED) is 0.640. The first-order valence-electron chi connectivity index (χ1n) is 6.51. The Balaban J connectivity index is 2.00. The molecule has 6 nitrogen and oxygen atoms in total. The van der Waals surface area contributed by atoms with E-state index in [1.165, 1.54) is 13.2 Å². The Morgan fingerprint density at radius 2 is 1.70 bits per heavy atom. The highest BCUT2D eigenvalue weighted by Crippen LogP contribution is 2.25. The number of para-hydroxylation sites is 2. The number of rotatable bonds is 6. The van der Waals surface area contributed by atoms with E-state index in [1.807, 2.05) is 0 Å². The molecule has 0 spiro atoms. The molecule has 0 aliphatic heterocycles. The lowest BCUT2D eigenvalue weighted by molar-refractivity contribution is -0.133. The molecule has 0 aliphatic carbocycles. The summed E-state index contributed by atoms with van der Waals surface area (Å²) in [6.07, 6.45) is 0. The summed E-state index contributed by atoms with van der Waals surface area (Å²) < 4.78 is 48.9. The van der Waals surface area contributed by atoms with Gasteiger partial charge in [-0.15, -0.1) is 0 Å². The van der Waals surface area contributed by atoms with Gasteiger partial charge >= 0.3 is 5.97 Å². The number of sulfonamides is 1. The van der Waals surface area contributed by atoms with Crippen molar-refractivity contribution in [2.75, 3.05) is 13.7 Å². The SMILES string of the molecule is COc1ccccc1OC(=O)CNS(=O)(=O)c1ccc(F)cc1. The van der Waals surface area contributed by atoms with Crippen LogP contribution in [0.2, 0.25) is 0 Å². The maximum atomic E-state index is 12.8. The van der Waals surface area contributed by atoms with Crippen LogP contribution in [0.3, 0.4) is 0 Å². The highest BCUT2D eigenvalue weighted by Gasteiger charge is 2.17. The Bertz CT molecular complexity index is 790. The van der Waals surface area contributed by atoms with E-state index in [1.54, 1.807) is 18.2 Å². The van der Waals surface area contributed by atoms with Crippen molar-refractivity contribution in [3.05, 3.63) is 54.3 Å². The van der Waals surface area contributed by atoms with Crippen LogP contribution >= 0.6 is 0 Å². The molecule has 0 radical (unpaired) electrons. The lowest BCUT2D eigenvalue weighted by atomic mass is 10.3. The normalized spacial score (nSPS) is 11.0. The van der Waals surface area contributed by atoms with Crippen molar-refractivity contribution in [1.29, 1.82) is 0 Å². The molecule has 8 heteroatoms. The number of hydrogen-bond donors (Lipinski definition) is 1. The van der Waals surface area contributed by atoms with Gasteiger partial charge in [0.1, 0.15) is 12.4 Å². The van der Waals surface area contributed by atoms with Gasteiger partial charge < -0.3 is 9.47 Å². The zero-order valence-corrected chi connectivity index (χ0v) is 13.0. The predicted molar refractivity (Wildman–Crippen MR) is 80.2 cm³/mol. The second-order valence-electron chi connectivity index (χ2n) is 4.40. The predicted octanol–water partition coefficient (Wildman–Crippen LogP) is 1.72. The van der Waals surface area contributed by atoms with E-state index in [2.05, 4.69) is 4.72 Å². The fourth-order valence-corrected chi connectivity index (χ4v) is 2.68. The smallest absolute Gasteiger partial charge is 0.326 e. The minimum Gasteiger partial charge on any atom is -0.493 e. The number of ether oxygens (including phenoxy) is 2. The van der Waals surface area contributed by atoms with E-state index in [4.69, 9.17) is 9.47 Å². The maximum absolute atomic E-state index is 12.8. The summed E-state index contributed by atoms with van der Waals surface area (Å²) in [4.78, 5) is 11.6. The average molecular weight is 339 g/mol. The highest BCUT2D eigenvalue weighted by molar-refractivity contribution is 7.89. The molecule has 0 bridgehead atoms. The molecule has 0 aromatic heterocycles. The van der Waals surface area contributed by atoms with E-state index in [0.717, 1.165) is 24.3 Å². The summed E-state index contributed by atoms with van der Waals surface area (Å²) in [5.41, 5.74) is 0. The van der Waals surface area contributed by atoms with Crippen molar-refractivity contribution in [3.8, 4) is 11.5 Å². The third-order valence-electron chi connectivity index (χ3n) is 2.82. The monoisotopic (exact) mass is 339 g/mol. The minimum atomic E-state index is -3.93. The number of carbonyl (C=O) groups excluding carboxylic acids is 1. The van der Waals surface area contributed by atoms with E-state index < -0.39 is 28.4 Å². The highest BCUT2D eigenvalue weighted by atomic mass is 32.2. The van der Waals surface area contributed by atoms with Crippen molar-refractivity contribution in [2.24, 2.45) is 0 Å². The molecule has 0 fully saturated rings. The lowest BCUT2D eigenvalue weighted by Crippen LogP contribution is -2.32. The molecule has 2 rings (SSSR count). The standard InChI is InChI=1S/C15H14FNO5S/c1-21-13-4-2-3-5-14(13)22-15(18)10-17-23(19,20)12-8-6-11(16)7-9-12/h2-9,17H,10H2,1H3. The van der Waals surface area contributed by atoms with Gasteiger partial charge in [0.05, 0.1) is 12.0 Å². The number of halogens is 1. The molecule has 2 aromatic rings. The second-order valence-corrected chi connectivity index (χ2v) is 6.17. The molecular formula is C15H14FNO5S. The van der Waals surface area contributed by atoms with Crippen LogP contribution in [0, 0.1) is 5.82 Å². The van der Waals surface area contributed by atoms with Crippen molar-refractivity contribution < 1.29 is 27.1 Å². The van der Waals surface area contributed by atoms with Crippen LogP contribution in [0.25, 0.3) is 0 Å². The molecular weight excluding hydrogens is 325 g/mol. The van der Waals surface area contributed by atoms with Crippen LogP contribution in [-0.4, -0.2) is 28.0 Å². The minimum absolute atomic E-state index is 0.149. The van der Waals surface area contributed by atoms with Crippen LogP contribution in [0.15, 0.2) is 53.4 Å². The Morgan fingerprint density at radius 1 is 1.09 bits per heavy atom. The number of carbonyl (C=O) groups is 1. The molecule has 0 saturated carbocycles. The molecule has 0 amide bonds. The van der Waals surface area contributed by atoms with Gasteiger partial charge in [0.2, 0.25) is 10.0 Å². The molecule has 0 atom stereocenters. The van der Waals surface area contributed by atoms with E-state index in [-0.39, 0.29) is 10.6 Å². The van der Waals surface area contributed by atoms with Crippen molar-refractivity contribution >= 4 is 16.0 Å². The van der Waals surface area contributed by atoms with Gasteiger partial charge in [0.15, 0.2) is 11.5 Å². The third-order valence-corrected chi connectivity index (χ3v) is 4.24. The summed E-state index contributed by atoms with van der Waals surface area (Å²) in [5, 5.41) is 0. The van der Waals surface area contributed by atoms with Gasteiger partial charge in [-0.05, 0) is 36.4 Å². The Kier molecular flexibility index (Phi) is 5.30. The van der Waals surface area contributed by atoms with Crippen molar-refractivity contribution in [2.45, 2.75) is 4.90 Å². The fraction of sp³-hybridized carbons (Fsp3) is 0.133. The molecule has 122 valence electrons. The molecule has 0 aliphatic rings. The van der Waals surface area contributed by atoms with Crippen LogP contribution in [0.1, 0.15) is 0 Å². The van der Waals surface area contributed by atoms with E-state index >= 15 is 0 Å². The first kappa shape index (κ1) is 16.9. The first-order chi connectivity index (χ1) is 10.9. The number of nitrogens with one attached hydrogen (secondary N) is 1. The summed E-state index contributed by atoms with van der Waals surface area (Å²) in [6, 6.07) is 10.7. The van der Waals surface area contributed by atoms with Crippen LogP contribution < -0.4 is 14.2 Å². The Hall–Kier alpha value is -2.45. The van der Waals surface area contributed by atoms with Gasteiger partial charge in [-0.3, -0.25) is 4.79 Å². The van der Waals surface area contributed by atoms with Gasteiger partial charge in [-0.2, -0.15) is 4.72 Å². The average Bonchev–Trinajstić information content (AvgIpc) is 2.54. The number of hydrogen-bond acceptors (Lipinski definition) is 5. The second kappa shape index (κ2) is 7.21. The molecule has 0 heterocycles. The maximum Gasteiger partial charge on any atom is 0.326 e. The summed E-state index contributed by atoms with van der Waals surface area (Å²) in [7, 11) is -2.51.